The maximum atomic E-state index is 12.2. The molecule has 0 saturated heterocycles. The number of carbonyl (C=O) groups excluding carboxylic acids is 1. The number of rotatable bonds is 4. The molecule has 1 heterocycles. The number of hydrogen-bond acceptors (Lipinski definition) is 2. The number of carbonyl (C=O) groups is 1. The zero-order valence-electron chi connectivity index (χ0n) is 11.9. The van der Waals surface area contributed by atoms with Crippen LogP contribution in [0.25, 0.3) is 0 Å². The van der Waals surface area contributed by atoms with Crippen LogP contribution in [0.1, 0.15) is 43.1 Å². The van der Waals surface area contributed by atoms with Gasteiger partial charge in [0, 0.05) is 24.7 Å². The first-order valence-electron chi connectivity index (χ1n) is 6.96. The standard InChI is InChI=1S/C13H17FN2O.C2H6/c1-10-9-11-5-2-3-6-12(11)13(17)16(10)8-4-7-15-14;1-2/h2-3,5-6,10,15H,4,7-9H2,1H3;1-2H3. The molecule has 19 heavy (non-hydrogen) atoms. The minimum Gasteiger partial charge on any atom is -0.336 e. The summed E-state index contributed by atoms with van der Waals surface area (Å²) in [4.78, 5) is 14.1. The average Bonchev–Trinajstić information content (AvgIpc) is 2.45. The molecule has 0 bridgehead atoms. The van der Waals surface area contributed by atoms with Gasteiger partial charge in [-0.25, -0.2) is 0 Å². The molecule has 1 unspecified atom stereocenters. The van der Waals surface area contributed by atoms with Gasteiger partial charge in [0.1, 0.15) is 0 Å². The van der Waals surface area contributed by atoms with Gasteiger partial charge >= 0.3 is 0 Å². The Morgan fingerprint density at radius 2 is 2.05 bits per heavy atom. The largest absolute Gasteiger partial charge is 0.336 e. The summed E-state index contributed by atoms with van der Waals surface area (Å²) < 4.78 is 11.8. The van der Waals surface area contributed by atoms with Crippen molar-refractivity contribution >= 4 is 5.91 Å². The summed E-state index contributed by atoms with van der Waals surface area (Å²) in [7, 11) is 0. The molecule has 0 saturated carbocycles. The topological polar surface area (TPSA) is 32.3 Å². The Hall–Kier alpha value is -1.42. The molecule has 1 amide bonds. The first kappa shape index (κ1) is 15.6. The smallest absolute Gasteiger partial charge is 0.254 e. The second kappa shape index (κ2) is 7.89. The van der Waals surface area contributed by atoms with Crippen molar-refractivity contribution in [2.45, 2.75) is 39.7 Å². The summed E-state index contributed by atoms with van der Waals surface area (Å²) in [6, 6.07) is 7.90. The Morgan fingerprint density at radius 3 is 2.74 bits per heavy atom. The molecule has 1 atom stereocenters. The highest BCUT2D eigenvalue weighted by Gasteiger charge is 2.28. The minimum absolute atomic E-state index is 0.0678. The summed E-state index contributed by atoms with van der Waals surface area (Å²) in [5, 5.41) is 0. The third kappa shape index (κ3) is 3.77. The predicted molar refractivity (Wildman–Crippen MR) is 75.7 cm³/mol. The molecular formula is C15H23FN2O. The summed E-state index contributed by atoms with van der Waals surface area (Å²) in [5.74, 6) is 0.0678. The maximum absolute atomic E-state index is 12.2. The monoisotopic (exact) mass is 266 g/mol. The third-order valence-corrected chi connectivity index (χ3v) is 3.23. The Kier molecular flexibility index (Phi) is 6.50. The fourth-order valence-corrected chi connectivity index (χ4v) is 2.33. The van der Waals surface area contributed by atoms with Crippen molar-refractivity contribution in [3.63, 3.8) is 0 Å². The van der Waals surface area contributed by atoms with Crippen molar-refractivity contribution in [3.8, 4) is 0 Å². The van der Waals surface area contributed by atoms with Crippen LogP contribution in [-0.4, -0.2) is 29.9 Å². The molecule has 0 aromatic heterocycles. The summed E-state index contributed by atoms with van der Waals surface area (Å²) in [6.45, 7) is 6.93. The molecule has 1 N–H and O–H groups in total. The fraction of sp³-hybridized carbons (Fsp3) is 0.533. The Balaban J connectivity index is 0.000000861. The molecule has 1 aliphatic rings. The highest BCUT2D eigenvalue weighted by molar-refractivity contribution is 5.97. The van der Waals surface area contributed by atoms with E-state index in [1.54, 1.807) is 5.54 Å². The molecule has 2 rings (SSSR count). The molecule has 0 aliphatic carbocycles. The van der Waals surface area contributed by atoms with Crippen molar-refractivity contribution < 1.29 is 9.28 Å². The number of halogens is 1. The third-order valence-electron chi connectivity index (χ3n) is 3.23. The van der Waals surface area contributed by atoms with Gasteiger partial charge in [0.15, 0.2) is 0 Å². The highest BCUT2D eigenvalue weighted by atomic mass is 19.2. The molecule has 0 spiro atoms. The van der Waals surface area contributed by atoms with Gasteiger partial charge in [-0.05, 0) is 31.4 Å². The zero-order valence-corrected chi connectivity index (χ0v) is 11.9. The van der Waals surface area contributed by atoms with Crippen LogP contribution in [0.5, 0.6) is 0 Å². The van der Waals surface area contributed by atoms with E-state index >= 15 is 0 Å². The molecule has 0 radical (unpaired) electrons. The minimum atomic E-state index is 0.0678. The first-order chi connectivity index (χ1) is 9.24. The second-order valence-corrected chi connectivity index (χ2v) is 4.45. The summed E-state index contributed by atoms with van der Waals surface area (Å²) in [6.07, 6.45) is 1.51. The van der Waals surface area contributed by atoms with Crippen molar-refractivity contribution in [1.82, 2.24) is 10.4 Å². The number of nitrogens with zero attached hydrogens (tertiary/aromatic N) is 1. The predicted octanol–water partition coefficient (Wildman–Crippen LogP) is 2.96. The Bertz CT molecular complexity index is 409. The van der Waals surface area contributed by atoms with Crippen molar-refractivity contribution in [2.24, 2.45) is 0 Å². The number of hydrogen-bond donors (Lipinski definition) is 1. The van der Waals surface area contributed by atoms with Gasteiger partial charge in [-0.15, -0.1) is 4.48 Å². The van der Waals surface area contributed by atoms with Gasteiger partial charge in [0.2, 0.25) is 0 Å². The molecule has 106 valence electrons. The second-order valence-electron chi connectivity index (χ2n) is 4.45. The summed E-state index contributed by atoms with van der Waals surface area (Å²) >= 11 is 0. The van der Waals surface area contributed by atoms with Crippen LogP contribution in [0.3, 0.4) is 0 Å². The van der Waals surface area contributed by atoms with Crippen LogP contribution in [0.15, 0.2) is 24.3 Å². The number of amides is 1. The van der Waals surface area contributed by atoms with Crippen LogP contribution >= 0.6 is 0 Å². The molecule has 4 heteroatoms. The van der Waals surface area contributed by atoms with E-state index in [2.05, 4.69) is 0 Å². The van der Waals surface area contributed by atoms with E-state index in [4.69, 9.17) is 0 Å². The van der Waals surface area contributed by atoms with E-state index in [1.807, 2.05) is 49.9 Å². The highest BCUT2D eigenvalue weighted by Crippen LogP contribution is 2.22. The van der Waals surface area contributed by atoms with Crippen LogP contribution < -0.4 is 5.54 Å². The van der Waals surface area contributed by atoms with Crippen molar-refractivity contribution in [3.05, 3.63) is 35.4 Å². The van der Waals surface area contributed by atoms with Crippen LogP contribution in [0.4, 0.5) is 4.48 Å². The zero-order chi connectivity index (χ0) is 14.3. The fourth-order valence-electron chi connectivity index (χ4n) is 2.33. The average molecular weight is 266 g/mol. The van der Waals surface area contributed by atoms with E-state index in [-0.39, 0.29) is 18.5 Å². The number of benzene rings is 1. The van der Waals surface area contributed by atoms with E-state index in [1.165, 1.54) is 0 Å². The Labute approximate surface area is 114 Å². The number of fused-ring (bicyclic) bond motifs is 1. The summed E-state index contributed by atoms with van der Waals surface area (Å²) in [5.41, 5.74) is 3.52. The molecule has 3 nitrogen and oxygen atoms in total. The van der Waals surface area contributed by atoms with Gasteiger partial charge in [-0.3, -0.25) is 4.79 Å². The Morgan fingerprint density at radius 1 is 1.37 bits per heavy atom. The molecular weight excluding hydrogens is 243 g/mol. The van der Waals surface area contributed by atoms with Gasteiger partial charge in [0.05, 0.1) is 0 Å². The van der Waals surface area contributed by atoms with Crippen LogP contribution in [0.2, 0.25) is 0 Å². The van der Waals surface area contributed by atoms with Gasteiger partial charge in [0.25, 0.3) is 5.91 Å². The number of nitrogens with one attached hydrogen (secondary N) is 1. The molecule has 1 aromatic rings. The molecule has 0 fully saturated rings. The van der Waals surface area contributed by atoms with Gasteiger partial charge in [-0.2, -0.15) is 5.54 Å². The van der Waals surface area contributed by atoms with E-state index in [9.17, 15) is 9.28 Å². The lowest BCUT2D eigenvalue weighted by Crippen LogP contribution is -2.44. The van der Waals surface area contributed by atoms with Crippen molar-refractivity contribution in [1.29, 1.82) is 0 Å². The lowest BCUT2D eigenvalue weighted by Gasteiger charge is -2.34. The van der Waals surface area contributed by atoms with Crippen LogP contribution in [0, 0.1) is 0 Å². The normalized spacial score (nSPS) is 17.6. The van der Waals surface area contributed by atoms with E-state index < -0.39 is 0 Å². The molecule has 1 aromatic carbocycles. The quantitative estimate of drug-likeness (QED) is 0.671. The maximum Gasteiger partial charge on any atom is 0.254 e. The van der Waals surface area contributed by atoms with E-state index in [0.29, 0.717) is 13.0 Å². The SMILES string of the molecule is CC.CC1Cc2ccccc2C(=O)N1CCCNF. The van der Waals surface area contributed by atoms with Crippen LogP contribution in [-0.2, 0) is 6.42 Å². The van der Waals surface area contributed by atoms with Gasteiger partial charge in [-0.1, -0.05) is 32.0 Å². The lowest BCUT2D eigenvalue weighted by atomic mass is 9.94. The van der Waals surface area contributed by atoms with Crippen molar-refractivity contribution in [2.75, 3.05) is 13.1 Å². The lowest BCUT2D eigenvalue weighted by molar-refractivity contribution is 0.0661. The first-order valence-corrected chi connectivity index (χ1v) is 6.96. The van der Waals surface area contributed by atoms with E-state index in [0.717, 1.165) is 17.5 Å². The molecule has 1 aliphatic heterocycles. The van der Waals surface area contributed by atoms with Gasteiger partial charge < -0.3 is 4.90 Å².